The summed E-state index contributed by atoms with van der Waals surface area (Å²) < 4.78 is 0. The summed E-state index contributed by atoms with van der Waals surface area (Å²) in [6, 6.07) is 0. The molecule has 2 N–H and O–H groups in total. The van der Waals surface area contributed by atoms with Crippen LogP contribution in [0.25, 0.3) is 0 Å². The standard InChI is InChI=1S/C24H35NO5/c1-22(2,3)25-13-15-16(23(4)10-7-14(26)12-18(23)25)8-11-24(9-5-6-17(15)24)19(20(27)28)21(29)30/h12,15-17,19H,5-11,13H2,1-4H3,(H,27,28)(H,29,30)/t15-,16+,17+,23-,24-/m1/s1. The van der Waals surface area contributed by atoms with E-state index in [-0.39, 0.29) is 28.6 Å². The highest BCUT2D eigenvalue weighted by Crippen LogP contribution is 2.66. The fourth-order valence-electron chi connectivity index (χ4n) is 7.75. The van der Waals surface area contributed by atoms with Crippen molar-refractivity contribution >= 4 is 17.7 Å². The molecular formula is C24H35NO5. The SMILES string of the molecule is CC(C)(C)N1C[C@H]2[C@@H]3CCC[C@@]3(C(C(=O)O)C(=O)O)CC[C@@H]2[C@@]2(C)CCC(=O)C=C12. The average molecular weight is 418 g/mol. The molecule has 4 aliphatic rings. The van der Waals surface area contributed by atoms with Gasteiger partial charge in [-0.2, -0.15) is 0 Å². The number of carboxylic acids is 2. The second-order valence-corrected chi connectivity index (χ2v) is 11.3. The third-order valence-electron chi connectivity index (χ3n) is 9.00. The van der Waals surface area contributed by atoms with Gasteiger partial charge in [0.05, 0.1) is 0 Å². The Hall–Kier alpha value is -1.85. The van der Waals surface area contributed by atoms with Crippen LogP contribution in [0, 0.1) is 34.5 Å². The lowest BCUT2D eigenvalue weighted by Crippen LogP contribution is -2.62. The number of carbonyl (C=O) groups excluding carboxylic acids is 1. The van der Waals surface area contributed by atoms with Crippen molar-refractivity contribution in [1.82, 2.24) is 4.90 Å². The van der Waals surface area contributed by atoms with Gasteiger partial charge >= 0.3 is 11.9 Å². The fourth-order valence-corrected chi connectivity index (χ4v) is 7.75. The third kappa shape index (κ3) is 2.93. The van der Waals surface area contributed by atoms with Gasteiger partial charge in [-0.25, -0.2) is 0 Å². The Morgan fingerprint density at radius 3 is 2.37 bits per heavy atom. The first kappa shape index (κ1) is 21.4. The molecule has 4 rings (SSSR count). The molecule has 1 heterocycles. The molecule has 0 unspecified atom stereocenters. The highest BCUT2D eigenvalue weighted by atomic mass is 16.4. The van der Waals surface area contributed by atoms with Crippen LogP contribution in [0.2, 0.25) is 0 Å². The Morgan fingerprint density at radius 1 is 1.10 bits per heavy atom. The Balaban J connectivity index is 1.80. The van der Waals surface area contributed by atoms with Crippen LogP contribution >= 0.6 is 0 Å². The molecule has 0 aromatic rings. The lowest BCUT2D eigenvalue weighted by Gasteiger charge is -2.63. The molecule has 1 aliphatic heterocycles. The van der Waals surface area contributed by atoms with Crippen LogP contribution in [0.5, 0.6) is 0 Å². The molecule has 6 heteroatoms. The number of ketones is 1. The number of nitrogens with zero attached hydrogens (tertiary/aromatic N) is 1. The molecule has 0 aromatic heterocycles. The summed E-state index contributed by atoms with van der Waals surface area (Å²) in [7, 11) is 0. The van der Waals surface area contributed by atoms with E-state index < -0.39 is 23.3 Å². The van der Waals surface area contributed by atoms with E-state index in [0.717, 1.165) is 37.9 Å². The maximum absolute atomic E-state index is 12.3. The van der Waals surface area contributed by atoms with E-state index in [4.69, 9.17) is 0 Å². The molecule has 3 aliphatic carbocycles. The van der Waals surface area contributed by atoms with Crippen molar-refractivity contribution in [3.05, 3.63) is 11.8 Å². The van der Waals surface area contributed by atoms with Crippen molar-refractivity contribution in [3.63, 3.8) is 0 Å². The first-order valence-electron chi connectivity index (χ1n) is 11.4. The van der Waals surface area contributed by atoms with Gasteiger partial charge in [0.15, 0.2) is 11.7 Å². The van der Waals surface area contributed by atoms with Gasteiger partial charge in [-0.05, 0) is 76.0 Å². The smallest absolute Gasteiger partial charge is 0.318 e. The van der Waals surface area contributed by atoms with E-state index in [1.54, 1.807) is 0 Å². The maximum Gasteiger partial charge on any atom is 0.318 e. The molecule has 0 radical (unpaired) electrons. The predicted molar refractivity (Wildman–Crippen MR) is 112 cm³/mol. The summed E-state index contributed by atoms with van der Waals surface area (Å²) in [6.07, 6.45) is 7.25. The minimum atomic E-state index is -1.33. The summed E-state index contributed by atoms with van der Waals surface area (Å²) in [6.45, 7) is 9.55. The lowest BCUT2D eigenvalue weighted by molar-refractivity contribution is -0.172. The molecule has 6 nitrogen and oxygen atoms in total. The first-order chi connectivity index (χ1) is 13.9. The van der Waals surface area contributed by atoms with Crippen LogP contribution in [0.4, 0.5) is 0 Å². The number of rotatable bonds is 3. The number of hydrogen-bond acceptors (Lipinski definition) is 4. The zero-order valence-electron chi connectivity index (χ0n) is 18.6. The molecule has 0 amide bonds. The Labute approximate surface area is 178 Å². The monoisotopic (exact) mass is 417 g/mol. The summed E-state index contributed by atoms with van der Waals surface area (Å²) in [4.78, 5) is 38.8. The van der Waals surface area contributed by atoms with E-state index in [1.165, 1.54) is 0 Å². The van der Waals surface area contributed by atoms with E-state index in [0.29, 0.717) is 25.2 Å². The first-order valence-corrected chi connectivity index (χ1v) is 11.4. The number of aliphatic carboxylic acids is 2. The number of allylic oxidation sites excluding steroid dienone is 2. The Kier molecular flexibility index (Phi) is 4.87. The lowest BCUT2D eigenvalue weighted by atomic mass is 9.47. The Morgan fingerprint density at radius 2 is 1.77 bits per heavy atom. The van der Waals surface area contributed by atoms with Gasteiger partial charge in [0.1, 0.15) is 0 Å². The normalized spacial score (nSPS) is 38.6. The number of fused-ring (bicyclic) bond motifs is 5. The van der Waals surface area contributed by atoms with Crippen LogP contribution in [0.1, 0.15) is 72.6 Å². The van der Waals surface area contributed by atoms with Gasteiger partial charge in [0.2, 0.25) is 0 Å². The molecule has 0 aromatic carbocycles. The van der Waals surface area contributed by atoms with Crippen molar-refractivity contribution in [2.24, 2.45) is 34.5 Å². The predicted octanol–water partition coefficient (Wildman–Crippen LogP) is 3.95. The van der Waals surface area contributed by atoms with Gasteiger partial charge < -0.3 is 15.1 Å². The van der Waals surface area contributed by atoms with Gasteiger partial charge in [-0.15, -0.1) is 0 Å². The summed E-state index contributed by atoms with van der Waals surface area (Å²) in [5.74, 6) is -2.77. The fraction of sp³-hybridized carbons (Fsp3) is 0.792. The Bertz CT molecular complexity index is 797. The maximum atomic E-state index is 12.3. The molecular weight excluding hydrogens is 382 g/mol. The van der Waals surface area contributed by atoms with Crippen molar-refractivity contribution in [1.29, 1.82) is 0 Å². The van der Waals surface area contributed by atoms with Crippen LogP contribution in [-0.2, 0) is 14.4 Å². The topological polar surface area (TPSA) is 94.9 Å². The number of carbonyl (C=O) groups is 3. The molecule has 1 saturated heterocycles. The minimum absolute atomic E-state index is 0.106. The summed E-state index contributed by atoms with van der Waals surface area (Å²) in [5.41, 5.74) is 0.226. The van der Waals surface area contributed by atoms with E-state index in [9.17, 15) is 24.6 Å². The van der Waals surface area contributed by atoms with Crippen LogP contribution < -0.4 is 0 Å². The number of carboxylic acid groups (broad SMARTS) is 2. The second-order valence-electron chi connectivity index (χ2n) is 11.3. The van der Waals surface area contributed by atoms with E-state index in [2.05, 4.69) is 32.6 Å². The zero-order valence-corrected chi connectivity index (χ0v) is 18.6. The molecule has 0 spiro atoms. The molecule has 2 saturated carbocycles. The molecule has 3 fully saturated rings. The van der Waals surface area contributed by atoms with Crippen LogP contribution in [-0.4, -0.2) is 44.9 Å². The van der Waals surface area contributed by atoms with Gasteiger partial charge in [-0.3, -0.25) is 14.4 Å². The van der Waals surface area contributed by atoms with Crippen molar-refractivity contribution in [2.75, 3.05) is 6.54 Å². The van der Waals surface area contributed by atoms with E-state index >= 15 is 0 Å². The molecule has 0 bridgehead atoms. The van der Waals surface area contributed by atoms with Gasteiger partial charge in [-0.1, -0.05) is 13.3 Å². The number of hydrogen-bond donors (Lipinski definition) is 2. The third-order valence-corrected chi connectivity index (χ3v) is 9.00. The highest BCUT2D eigenvalue weighted by Gasteiger charge is 2.64. The van der Waals surface area contributed by atoms with Crippen molar-refractivity contribution < 1.29 is 24.6 Å². The average Bonchev–Trinajstić information content (AvgIpc) is 3.04. The second kappa shape index (κ2) is 6.83. The van der Waals surface area contributed by atoms with Gasteiger partial charge in [0.25, 0.3) is 0 Å². The van der Waals surface area contributed by atoms with Crippen molar-refractivity contribution in [2.45, 2.75) is 78.2 Å². The summed E-state index contributed by atoms with van der Waals surface area (Å²) in [5, 5.41) is 19.7. The largest absolute Gasteiger partial charge is 0.481 e. The number of likely N-dealkylation sites (tertiary alicyclic amines) is 1. The van der Waals surface area contributed by atoms with Crippen LogP contribution in [0.15, 0.2) is 11.8 Å². The quantitative estimate of drug-likeness (QED) is 0.675. The zero-order chi connectivity index (χ0) is 22.1. The summed E-state index contributed by atoms with van der Waals surface area (Å²) >= 11 is 0. The van der Waals surface area contributed by atoms with E-state index in [1.807, 2.05) is 6.08 Å². The highest BCUT2D eigenvalue weighted by molar-refractivity contribution is 5.94. The van der Waals surface area contributed by atoms with Gasteiger partial charge in [0, 0.05) is 35.7 Å². The molecule has 30 heavy (non-hydrogen) atoms. The van der Waals surface area contributed by atoms with Crippen molar-refractivity contribution in [3.8, 4) is 0 Å². The molecule has 166 valence electrons. The van der Waals surface area contributed by atoms with Crippen LogP contribution in [0.3, 0.4) is 0 Å². The minimum Gasteiger partial charge on any atom is -0.481 e. The molecule has 5 atom stereocenters. The number of piperidine rings is 1.